The van der Waals surface area contributed by atoms with Gasteiger partial charge < -0.3 is 19.5 Å². The van der Waals surface area contributed by atoms with E-state index in [1.807, 2.05) is 0 Å². The van der Waals surface area contributed by atoms with Gasteiger partial charge in [0.2, 0.25) is 0 Å². The van der Waals surface area contributed by atoms with Crippen molar-refractivity contribution in [1.82, 2.24) is 0 Å². The maximum Gasteiger partial charge on any atom is 0.338 e. The summed E-state index contributed by atoms with van der Waals surface area (Å²) in [5.41, 5.74) is 0.275. The maximum atomic E-state index is 12.2. The summed E-state index contributed by atoms with van der Waals surface area (Å²) in [6, 6.07) is 10.0. The van der Waals surface area contributed by atoms with Gasteiger partial charge in [-0.15, -0.1) is 0 Å². The zero-order valence-electron chi connectivity index (χ0n) is 16.2. The molecule has 0 heterocycles. The Bertz CT molecular complexity index is 883. The number of benzene rings is 2. The van der Waals surface area contributed by atoms with Gasteiger partial charge in [-0.1, -0.05) is 19.4 Å². The lowest BCUT2D eigenvalue weighted by Gasteiger charge is -2.12. The van der Waals surface area contributed by atoms with Crippen molar-refractivity contribution in [3.8, 4) is 11.5 Å². The predicted octanol–water partition coefficient (Wildman–Crippen LogP) is 3.58. The van der Waals surface area contributed by atoms with Crippen molar-refractivity contribution in [3.63, 3.8) is 0 Å². The van der Waals surface area contributed by atoms with Crippen molar-refractivity contribution in [3.05, 3.63) is 58.1 Å². The van der Waals surface area contributed by atoms with Crippen LogP contribution in [0.3, 0.4) is 0 Å². The Morgan fingerprint density at radius 3 is 2.62 bits per heavy atom. The number of esters is 1. The first-order chi connectivity index (χ1) is 13.9. The van der Waals surface area contributed by atoms with Crippen molar-refractivity contribution in [2.75, 3.05) is 25.6 Å². The third-order valence-corrected chi connectivity index (χ3v) is 3.83. The van der Waals surface area contributed by atoms with E-state index >= 15 is 0 Å². The molecule has 2 rings (SSSR count). The minimum absolute atomic E-state index is 0.159. The lowest BCUT2D eigenvalue weighted by Crippen LogP contribution is -2.21. The van der Waals surface area contributed by atoms with Gasteiger partial charge in [-0.25, -0.2) is 4.79 Å². The number of nitro groups is 1. The van der Waals surface area contributed by atoms with Crippen LogP contribution in [0.4, 0.5) is 11.4 Å². The molecule has 0 radical (unpaired) electrons. The molecule has 2 aromatic rings. The number of anilines is 1. The molecule has 0 saturated carbocycles. The van der Waals surface area contributed by atoms with Crippen molar-refractivity contribution >= 4 is 23.3 Å². The van der Waals surface area contributed by atoms with Crippen LogP contribution in [0.15, 0.2) is 42.5 Å². The highest BCUT2D eigenvalue weighted by molar-refractivity contribution is 5.95. The van der Waals surface area contributed by atoms with Gasteiger partial charge in [0.1, 0.15) is 0 Å². The summed E-state index contributed by atoms with van der Waals surface area (Å²) in [5.74, 6) is -0.430. The van der Waals surface area contributed by atoms with Gasteiger partial charge >= 0.3 is 5.97 Å². The minimum atomic E-state index is -0.711. The van der Waals surface area contributed by atoms with Crippen LogP contribution in [0.25, 0.3) is 0 Å². The molecule has 29 heavy (non-hydrogen) atoms. The number of unbranched alkanes of at least 4 members (excludes halogenated alkanes) is 1. The summed E-state index contributed by atoms with van der Waals surface area (Å²) < 4.78 is 15.8. The number of nitro benzene ring substituents is 1. The average molecular weight is 402 g/mol. The van der Waals surface area contributed by atoms with Crippen LogP contribution in [0, 0.1) is 10.1 Å². The number of carbonyl (C=O) groups is 2. The molecule has 1 N–H and O–H groups in total. The smallest absolute Gasteiger partial charge is 0.338 e. The molecule has 9 nitrogen and oxygen atoms in total. The molecule has 0 saturated heterocycles. The van der Waals surface area contributed by atoms with Crippen LogP contribution in [-0.2, 0) is 9.53 Å². The molecule has 9 heteroatoms. The number of nitrogens with zero attached hydrogens (tertiary/aromatic N) is 1. The van der Waals surface area contributed by atoms with Crippen LogP contribution in [0.2, 0.25) is 0 Å². The molecule has 0 spiro atoms. The molecule has 0 aliphatic carbocycles. The first kappa shape index (κ1) is 21.7. The predicted molar refractivity (Wildman–Crippen MR) is 105 cm³/mol. The van der Waals surface area contributed by atoms with Crippen molar-refractivity contribution in [2.45, 2.75) is 19.8 Å². The van der Waals surface area contributed by atoms with Gasteiger partial charge in [-0.2, -0.15) is 0 Å². The van der Waals surface area contributed by atoms with E-state index in [0.29, 0.717) is 18.1 Å². The SMILES string of the molecule is CCCCOc1ccc(C(=O)OCC(=O)Nc2cccc([N+](=O)[O-])c2)cc1OC. The van der Waals surface area contributed by atoms with Crippen LogP contribution < -0.4 is 14.8 Å². The van der Waals surface area contributed by atoms with Crippen LogP contribution >= 0.6 is 0 Å². The summed E-state index contributed by atoms with van der Waals surface area (Å²) in [6.07, 6.45) is 1.89. The Morgan fingerprint density at radius 2 is 1.93 bits per heavy atom. The largest absolute Gasteiger partial charge is 0.493 e. The maximum absolute atomic E-state index is 12.2. The molecule has 0 aliphatic rings. The molecule has 0 aliphatic heterocycles. The number of hydrogen-bond donors (Lipinski definition) is 1. The number of ether oxygens (including phenoxy) is 3. The topological polar surface area (TPSA) is 117 Å². The molecule has 0 aromatic heterocycles. The lowest BCUT2D eigenvalue weighted by atomic mass is 10.2. The standard InChI is InChI=1S/C20H22N2O7/c1-3-4-10-28-17-9-8-14(11-18(17)27-2)20(24)29-13-19(23)21-15-6-5-7-16(12-15)22(25)26/h5-9,11-12H,3-4,10,13H2,1-2H3,(H,21,23). The Hall–Kier alpha value is -3.62. The highest BCUT2D eigenvalue weighted by Gasteiger charge is 2.15. The van der Waals surface area contributed by atoms with E-state index in [-0.39, 0.29) is 16.9 Å². The molecule has 0 atom stereocenters. The Balaban J connectivity index is 1.93. The van der Waals surface area contributed by atoms with Crippen LogP contribution in [0.1, 0.15) is 30.1 Å². The molecule has 0 fully saturated rings. The fraction of sp³-hybridized carbons (Fsp3) is 0.300. The first-order valence-corrected chi connectivity index (χ1v) is 8.97. The molecular formula is C20H22N2O7. The molecule has 0 unspecified atom stereocenters. The van der Waals surface area contributed by atoms with E-state index in [1.165, 1.54) is 43.5 Å². The average Bonchev–Trinajstić information content (AvgIpc) is 2.72. The van der Waals surface area contributed by atoms with E-state index in [1.54, 1.807) is 6.07 Å². The third-order valence-electron chi connectivity index (χ3n) is 3.83. The Kier molecular flexibility index (Phi) is 7.96. The summed E-state index contributed by atoms with van der Waals surface area (Å²) in [7, 11) is 1.46. The van der Waals surface area contributed by atoms with E-state index < -0.39 is 23.4 Å². The lowest BCUT2D eigenvalue weighted by molar-refractivity contribution is -0.384. The second-order valence-corrected chi connectivity index (χ2v) is 6.00. The monoisotopic (exact) mass is 402 g/mol. The summed E-state index contributed by atoms with van der Waals surface area (Å²) >= 11 is 0. The van der Waals surface area contributed by atoms with E-state index in [0.717, 1.165) is 12.8 Å². The zero-order valence-corrected chi connectivity index (χ0v) is 16.2. The molecule has 0 bridgehead atoms. The highest BCUT2D eigenvalue weighted by Crippen LogP contribution is 2.28. The second kappa shape index (κ2) is 10.6. The minimum Gasteiger partial charge on any atom is -0.493 e. The van der Waals surface area contributed by atoms with Gasteiger partial charge in [-0.3, -0.25) is 14.9 Å². The number of methoxy groups -OCH3 is 1. The molecule has 2 aromatic carbocycles. The van der Waals surface area contributed by atoms with Crippen molar-refractivity contribution in [1.29, 1.82) is 0 Å². The van der Waals surface area contributed by atoms with E-state index in [9.17, 15) is 19.7 Å². The second-order valence-electron chi connectivity index (χ2n) is 6.00. The van der Waals surface area contributed by atoms with Crippen molar-refractivity contribution < 1.29 is 28.7 Å². The van der Waals surface area contributed by atoms with Gasteiger partial charge in [0.05, 0.1) is 24.2 Å². The number of rotatable bonds is 10. The van der Waals surface area contributed by atoms with Gasteiger partial charge in [-0.05, 0) is 30.7 Å². The zero-order chi connectivity index (χ0) is 21.2. The van der Waals surface area contributed by atoms with Crippen molar-refractivity contribution in [2.24, 2.45) is 0 Å². The Labute approximate surface area is 167 Å². The fourth-order valence-corrected chi connectivity index (χ4v) is 2.35. The third kappa shape index (κ3) is 6.49. The summed E-state index contributed by atoms with van der Waals surface area (Å²) in [6.45, 7) is 2.04. The number of non-ortho nitro benzene ring substituents is 1. The van der Waals surface area contributed by atoms with Crippen LogP contribution in [0.5, 0.6) is 11.5 Å². The van der Waals surface area contributed by atoms with E-state index in [4.69, 9.17) is 14.2 Å². The summed E-state index contributed by atoms with van der Waals surface area (Å²) in [4.78, 5) is 34.3. The first-order valence-electron chi connectivity index (χ1n) is 8.97. The number of hydrogen-bond acceptors (Lipinski definition) is 7. The molecule has 1 amide bonds. The number of nitrogens with one attached hydrogen (secondary N) is 1. The fourth-order valence-electron chi connectivity index (χ4n) is 2.35. The number of carbonyl (C=O) groups excluding carboxylic acids is 2. The van der Waals surface area contributed by atoms with E-state index in [2.05, 4.69) is 12.2 Å². The van der Waals surface area contributed by atoms with Crippen LogP contribution in [-0.4, -0.2) is 37.1 Å². The summed E-state index contributed by atoms with van der Waals surface area (Å²) in [5, 5.41) is 13.2. The molecular weight excluding hydrogens is 380 g/mol. The normalized spacial score (nSPS) is 10.1. The van der Waals surface area contributed by atoms with Gasteiger partial charge in [0, 0.05) is 17.8 Å². The quantitative estimate of drug-likeness (QED) is 0.279. The Morgan fingerprint density at radius 1 is 1.14 bits per heavy atom. The molecule has 154 valence electrons. The van der Waals surface area contributed by atoms with Gasteiger partial charge in [0.15, 0.2) is 18.1 Å². The highest BCUT2D eigenvalue weighted by atomic mass is 16.6. The van der Waals surface area contributed by atoms with Gasteiger partial charge in [0.25, 0.3) is 11.6 Å². The number of amides is 1.